The SMILES string of the molecule is CN1CCN(c2cc3c(=O)c(C(=O)O)c4sc5ccccc5n4c3cc2F)CC1c1ccccc1. The van der Waals surface area contributed by atoms with E-state index in [1.165, 1.54) is 23.5 Å². The lowest BCUT2D eigenvalue weighted by molar-refractivity contribution is 0.0697. The number of carboxylic acid groups (broad SMARTS) is 1. The van der Waals surface area contributed by atoms with E-state index in [0.29, 0.717) is 29.1 Å². The van der Waals surface area contributed by atoms with Gasteiger partial charge in [-0.05, 0) is 30.8 Å². The number of thiazole rings is 1. The van der Waals surface area contributed by atoms with Crippen molar-refractivity contribution in [2.45, 2.75) is 6.04 Å². The zero-order valence-electron chi connectivity index (χ0n) is 18.9. The molecule has 0 spiro atoms. The molecule has 3 aromatic carbocycles. The second kappa shape index (κ2) is 8.18. The minimum atomic E-state index is -1.28. The van der Waals surface area contributed by atoms with Crippen molar-refractivity contribution in [3.05, 3.63) is 93.9 Å². The van der Waals surface area contributed by atoms with Crippen LogP contribution in [0.3, 0.4) is 0 Å². The Labute approximate surface area is 204 Å². The van der Waals surface area contributed by atoms with E-state index in [1.807, 2.05) is 47.4 Å². The Balaban J connectivity index is 1.56. The molecule has 0 bridgehead atoms. The normalized spacial score (nSPS) is 17.0. The summed E-state index contributed by atoms with van der Waals surface area (Å²) < 4.78 is 18.2. The molecule has 1 fully saturated rings. The van der Waals surface area contributed by atoms with Crippen LogP contribution in [0, 0.1) is 5.82 Å². The van der Waals surface area contributed by atoms with Crippen LogP contribution in [-0.4, -0.2) is 47.1 Å². The number of nitrogens with zero attached hydrogens (tertiary/aromatic N) is 3. The van der Waals surface area contributed by atoms with Gasteiger partial charge in [0.1, 0.15) is 16.2 Å². The van der Waals surface area contributed by atoms with E-state index in [2.05, 4.69) is 24.1 Å². The number of anilines is 1. The molecule has 1 unspecified atom stereocenters. The fraction of sp³-hybridized carbons (Fsp3) is 0.185. The molecule has 176 valence electrons. The van der Waals surface area contributed by atoms with Gasteiger partial charge in [0.2, 0.25) is 5.43 Å². The van der Waals surface area contributed by atoms with Gasteiger partial charge in [-0.25, -0.2) is 9.18 Å². The highest BCUT2D eigenvalue weighted by atomic mass is 32.1. The average molecular weight is 488 g/mol. The van der Waals surface area contributed by atoms with Gasteiger partial charge in [-0.15, -0.1) is 11.3 Å². The first kappa shape index (κ1) is 21.8. The molecule has 3 heterocycles. The second-order valence-electron chi connectivity index (χ2n) is 8.89. The summed E-state index contributed by atoms with van der Waals surface area (Å²) in [6.07, 6.45) is 0. The molecule has 5 aromatic rings. The molecule has 0 aliphatic carbocycles. The Morgan fingerprint density at radius 3 is 2.54 bits per heavy atom. The Morgan fingerprint density at radius 2 is 1.77 bits per heavy atom. The molecule has 2 aromatic heterocycles. The minimum absolute atomic E-state index is 0.0685. The van der Waals surface area contributed by atoms with Gasteiger partial charge in [0, 0.05) is 31.1 Å². The number of aromatic nitrogens is 1. The zero-order chi connectivity index (χ0) is 24.3. The van der Waals surface area contributed by atoms with Gasteiger partial charge in [0.05, 0.1) is 27.5 Å². The predicted molar refractivity (Wildman–Crippen MR) is 137 cm³/mol. The number of hydrogen-bond donors (Lipinski definition) is 1. The van der Waals surface area contributed by atoms with Crippen molar-refractivity contribution in [3.63, 3.8) is 0 Å². The number of likely N-dealkylation sites (N-methyl/N-ethyl adjacent to an activating group) is 1. The van der Waals surface area contributed by atoms with Crippen LogP contribution < -0.4 is 10.3 Å². The van der Waals surface area contributed by atoms with E-state index in [9.17, 15) is 14.7 Å². The van der Waals surface area contributed by atoms with E-state index in [0.717, 1.165) is 22.3 Å². The third-order valence-electron chi connectivity index (χ3n) is 6.89. The molecular formula is C27H22FN3O3S. The van der Waals surface area contributed by atoms with E-state index in [-0.39, 0.29) is 17.0 Å². The summed E-state index contributed by atoms with van der Waals surface area (Å²) in [4.78, 5) is 30.1. The van der Waals surface area contributed by atoms with Crippen LogP contribution >= 0.6 is 11.3 Å². The molecule has 6 nitrogen and oxygen atoms in total. The Bertz CT molecular complexity index is 1680. The molecule has 1 saturated heterocycles. The monoisotopic (exact) mass is 487 g/mol. The highest BCUT2D eigenvalue weighted by Gasteiger charge is 2.29. The molecule has 1 atom stereocenters. The summed E-state index contributed by atoms with van der Waals surface area (Å²) >= 11 is 1.23. The highest BCUT2D eigenvalue weighted by Crippen LogP contribution is 2.35. The first-order valence-corrected chi connectivity index (χ1v) is 12.2. The lowest BCUT2D eigenvalue weighted by Gasteiger charge is -2.41. The maximum absolute atomic E-state index is 15.7. The van der Waals surface area contributed by atoms with Crippen molar-refractivity contribution in [3.8, 4) is 0 Å². The number of carbonyl (C=O) groups is 1. The molecule has 1 aliphatic heterocycles. The number of pyridine rings is 1. The predicted octanol–water partition coefficient (Wildman–Crippen LogP) is 5.00. The number of rotatable bonds is 3. The van der Waals surface area contributed by atoms with Gasteiger partial charge in [0.15, 0.2) is 0 Å². The first-order chi connectivity index (χ1) is 16.9. The maximum atomic E-state index is 15.7. The summed E-state index contributed by atoms with van der Waals surface area (Å²) in [5, 5.41) is 10.1. The van der Waals surface area contributed by atoms with Crippen molar-refractivity contribution < 1.29 is 14.3 Å². The third kappa shape index (κ3) is 3.40. The fourth-order valence-corrected chi connectivity index (χ4v) is 6.29. The number of benzene rings is 3. The Hall–Kier alpha value is -3.75. The summed E-state index contributed by atoms with van der Waals surface area (Å²) in [6.45, 7) is 1.88. The van der Waals surface area contributed by atoms with E-state index >= 15 is 4.39 Å². The number of para-hydroxylation sites is 1. The fourth-order valence-electron chi connectivity index (χ4n) is 5.10. The number of fused-ring (bicyclic) bond motifs is 5. The van der Waals surface area contributed by atoms with Gasteiger partial charge in [-0.3, -0.25) is 14.1 Å². The van der Waals surface area contributed by atoms with E-state index < -0.39 is 17.2 Å². The zero-order valence-corrected chi connectivity index (χ0v) is 19.8. The maximum Gasteiger partial charge on any atom is 0.342 e. The topological polar surface area (TPSA) is 65.3 Å². The second-order valence-corrected chi connectivity index (χ2v) is 9.92. The summed E-state index contributed by atoms with van der Waals surface area (Å²) in [5.41, 5.74) is 1.71. The Morgan fingerprint density at radius 1 is 1.03 bits per heavy atom. The molecule has 6 rings (SSSR count). The third-order valence-corrected chi connectivity index (χ3v) is 8.04. The number of piperazine rings is 1. The molecule has 0 radical (unpaired) electrons. The molecular weight excluding hydrogens is 465 g/mol. The van der Waals surface area contributed by atoms with Gasteiger partial charge in [-0.1, -0.05) is 42.5 Å². The quantitative estimate of drug-likeness (QED) is 0.388. The minimum Gasteiger partial charge on any atom is -0.477 e. The first-order valence-electron chi connectivity index (χ1n) is 11.4. The van der Waals surface area contributed by atoms with Gasteiger partial charge in [0.25, 0.3) is 0 Å². The van der Waals surface area contributed by atoms with Crippen LogP contribution in [0.2, 0.25) is 0 Å². The standard InChI is InChI=1S/C27H22FN3O3S/c1-29-11-12-30(15-22(29)16-7-3-2-4-8-16)21-13-17-20(14-18(21)28)31-19-9-5-6-10-23(19)35-26(31)24(25(17)32)27(33)34/h2-10,13-14,22H,11-12,15H2,1H3,(H,33,34). The molecule has 35 heavy (non-hydrogen) atoms. The highest BCUT2D eigenvalue weighted by molar-refractivity contribution is 7.24. The number of aromatic carboxylic acids is 1. The van der Waals surface area contributed by atoms with Crippen molar-refractivity contribution in [1.29, 1.82) is 0 Å². The molecule has 0 amide bonds. The lowest BCUT2D eigenvalue weighted by Crippen LogP contribution is -2.47. The molecule has 1 aliphatic rings. The Kier molecular flexibility index (Phi) is 5.09. The van der Waals surface area contributed by atoms with Crippen LogP contribution in [0.25, 0.3) is 25.9 Å². The smallest absolute Gasteiger partial charge is 0.342 e. The number of hydrogen-bond acceptors (Lipinski definition) is 5. The molecule has 1 N–H and O–H groups in total. The average Bonchev–Trinajstić information content (AvgIpc) is 3.24. The van der Waals surface area contributed by atoms with Crippen molar-refractivity contribution >= 4 is 48.9 Å². The number of carboxylic acids is 1. The van der Waals surface area contributed by atoms with Crippen molar-refractivity contribution in [2.24, 2.45) is 0 Å². The lowest BCUT2D eigenvalue weighted by atomic mass is 10.0. The largest absolute Gasteiger partial charge is 0.477 e. The molecule has 8 heteroatoms. The summed E-state index contributed by atoms with van der Waals surface area (Å²) in [5.74, 6) is -1.71. The van der Waals surface area contributed by atoms with E-state index in [1.54, 1.807) is 4.40 Å². The van der Waals surface area contributed by atoms with Crippen LogP contribution in [0.1, 0.15) is 22.0 Å². The van der Waals surface area contributed by atoms with Crippen LogP contribution in [-0.2, 0) is 0 Å². The number of halogens is 1. The van der Waals surface area contributed by atoms with Gasteiger partial charge >= 0.3 is 5.97 Å². The van der Waals surface area contributed by atoms with Crippen LogP contribution in [0.15, 0.2) is 71.5 Å². The van der Waals surface area contributed by atoms with Gasteiger partial charge in [-0.2, -0.15) is 0 Å². The van der Waals surface area contributed by atoms with Gasteiger partial charge < -0.3 is 10.0 Å². The summed E-state index contributed by atoms with van der Waals surface area (Å²) in [6, 6.07) is 20.5. The summed E-state index contributed by atoms with van der Waals surface area (Å²) in [7, 11) is 2.05. The molecule has 0 saturated carbocycles. The van der Waals surface area contributed by atoms with Crippen LogP contribution in [0.4, 0.5) is 10.1 Å². The van der Waals surface area contributed by atoms with E-state index in [4.69, 9.17) is 0 Å². The van der Waals surface area contributed by atoms with Crippen molar-refractivity contribution in [1.82, 2.24) is 9.30 Å². The van der Waals surface area contributed by atoms with Crippen molar-refractivity contribution in [2.75, 3.05) is 31.6 Å². The van der Waals surface area contributed by atoms with Crippen LogP contribution in [0.5, 0.6) is 0 Å².